The number of benzene rings is 1. The number of aromatic nitrogens is 7. The number of pyridine rings is 1. The molecule has 0 atom stereocenters. The minimum atomic E-state index is 0.733. The Labute approximate surface area is 152 Å². The number of nitrogens with zero attached hydrogens (tertiary/aromatic N) is 7. The summed E-state index contributed by atoms with van der Waals surface area (Å²) in [5.74, 6) is 0. The number of hydrogen-bond acceptors (Lipinski definition) is 6. The Balaban J connectivity index is 1.54. The molecule has 0 bridgehead atoms. The van der Waals surface area contributed by atoms with E-state index in [1.807, 2.05) is 49.9 Å². The van der Waals surface area contributed by atoms with E-state index in [-0.39, 0.29) is 0 Å². The second kappa shape index (κ2) is 5.92. The van der Waals surface area contributed by atoms with E-state index in [9.17, 15) is 0 Å². The Bertz CT molecular complexity index is 1240. The van der Waals surface area contributed by atoms with Crippen molar-refractivity contribution in [3.8, 4) is 11.1 Å². The summed E-state index contributed by atoms with van der Waals surface area (Å²) in [7, 11) is 1.91. The van der Waals surface area contributed by atoms with Crippen molar-refractivity contribution in [1.82, 2.24) is 34.6 Å². The molecule has 5 rings (SSSR count). The largest absolute Gasteiger partial charge is 0.275 e. The van der Waals surface area contributed by atoms with Crippen LogP contribution >= 0.6 is 11.8 Å². The second-order valence-corrected chi connectivity index (χ2v) is 6.90. The Morgan fingerprint density at radius 3 is 2.81 bits per heavy atom. The third kappa shape index (κ3) is 2.60. The average molecular weight is 359 g/mol. The monoisotopic (exact) mass is 359 g/mol. The first-order chi connectivity index (χ1) is 12.8. The van der Waals surface area contributed by atoms with Crippen molar-refractivity contribution < 1.29 is 0 Å². The van der Waals surface area contributed by atoms with E-state index in [4.69, 9.17) is 0 Å². The molecule has 8 heteroatoms. The summed E-state index contributed by atoms with van der Waals surface area (Å²) in [6.07, 6.45) is 7.43. The lowest BCUT2D eigenvalue weighted by atomic mass is 10.1. The van der Waals surface area contributed by atoms with Gasteiger partial charge >= 0.3 is 0 Å². The molecule has 0 aliphatic heterocycles. The van der Waals surface area contributed by atoms with Crippen LogP contribution in [-0.4, -0.2) is 34.6 Å². The van der Waals surface area contributed by atoms with E-state index in [0.717, 1.165) is 37.7 Å². The molecule has 4 aromatic heterocycles. The lowest BCUT2D eigenvalue weighted by Gasteiger charge is -2.04. The SMILES string of the molecule is Cn1cc(-c2cnc3ccc(Sc4nnc5cccnn45)cc3c2)cn1. The van der Waals surface area contributed by atoms with Crippen LogP contribution in [-0.2, 0) is 7.05 Å². The first-order valence-corrected chi connectivity index (χ1v) is 8.81. The predicted octanol–water partition coefficient (Wildman–Crippen LogP) is 3.22. The highest BCUT2D eigenvalue weighted by Crippen LogP contribution is 2.30. The van der Waals surface area contributed by atoms with Crippen molar-refractivity contribution in [3.63, 3.8) is 0 Å². The molecule has 0 aliphatic carbocycles. The molecular formula is C18H13N7S. The van der Waals surface area contributed by atoms with Crippen LogP contribution in [0.25, 0.3) is 27.7 Å². The maximum atomic E-state index is 4.56. The van der Waals surface area contributed by atoms with Gasteiger partial charge in [-0.05, 0) is 48.2 Å². The van der Waals surface area contributed by atoms with E-state index >= 15 is 0 Å². The molecule has 0 amide bonds. The van der Waals surface area contributed by atoms with Crippen LogP contribution in [0.1, 0.15) is 0 Å². The van der Waals surface area contributed by atoms with Gasteiger partial charge in [-0.25, -0.2) is 0 Å². The van der Waals surface area contributed by atoms with Gasteiger partial charge < -0.3 is 0 Å². The normalized spacial score (nSPS) is 11.4. The maximum Gasteiger partial charge on any atom is 0.217 e. The highest BCUT2D eigenvalue weighted by atomic mass is 32.2. The summed E-state index contributed by atoms with van der Waals surface area (Å²) >= 11 is 1.53. The molecule has 5 aromatic rings. The van der Waals surface area contributed by atoms with Crippen molar-refractivity contribution in [1.29, 1.82) is 0 Å². The van der Waals surface area contributed by atoms with Gasteiger partial charge in [-0.15, -0.1) is 10.2 Å². The molecule has 7 nitrogen and oxygen atoms in total. The van der Waals surface area contributed by atoms with Gasteiger partial charge in [-0.3, -0.25) is 9.67 Å². The zero-order valence-corrected chi connectivity index (χ0v) is 14.6. The quantitative estimate of drug-likeness (QED) is 0.492. The first kappa shape index (κ1) is 15.0. The molecule has 0 radical (unpaired) electrons. The lowest BCUT2D eigenvalue weighted by molar-refractivity contribution is 0.768. The van der Waals surface area contributed by atoms with Gasteiger partial charge in [0.25, 0.3) is 0 Å². The van der Waals surface area contributed by atoms with Gasteiger partial charge in [-0.1, -0.05) is 0 Å². The fourth-order valence-electron chi connectivity index (χ4n) is 2.79. The minimum Gasteiger partial charge on any atom is -0.275 e. The van der Waals surface area contributed by atoms with Crippen molar-refractivity contribution in [2.24, 2.45) is 7.05 Å². The summed E-state index contributed by atoms with van der Waals surface area (Å²) in [6, 6.07) is 12.0. The molecule has 4 heterocycles. The van der Waals surface area contributed by atoms with Gasteiger partial charge in [0.15, 0.2) is 5.65 Å². The van der Waals surface area contributed by atoms with E-state index in [1.54, 1.807) is 15.4 Å². The van der Waals surface area contributed by atoms with Gasteiger partial charge in [0.1, 0.15) is 0 Å². The number of rotatable bonds is 3. The van der Waals surface area contributed by atoms with Crippen molar-refractivity contribution >= 4 is 28.3 Å². The van der Waals surface area contributed by atoms with Crippen LogP contribution in [0.3, 0.4) is 0 Å². The average Bonchev–Trinajstić information content (AvgIpc) is 3.28. The van der Waals surface area contributed by atoms with Crippen LogP contribution in [0.2, 0.25) is 0 Å². The van der Waals surface area contributed by atoms with E-state index in [0.29, 0.717) is 0 Å². The summed E-state index contributed by atoms with van der Waals surface area (Å²) in [5, 5.41) is 18.7. The zero-order chi connectivity index (χ0) is 17.5. The van der Waals surface area contributed by atoms with Gasteiger partial charge in [0, 0.05) is 47.0 Å². The van der Waals surface area contributed by atoms with Crippen LogP contribution in [0.15, 0.2) is 71.2 Å². The van der Waals surface area contributed by atoms with Gasteiger partial charge in [0.2, 0.25) is 5.16 Å². The van der Waals surface area contributed by atoms with Gasteiger partial charge in [0.05, 0.1) is 11.7 Å². The van der Waals surface area contributed by atoms with Crippen LogP contribution in [0.4, 0.5) is 0 Å². The molecule has 0 spiro atoms. The van der Waals surface area contributed by atoms with Crippen LogP contribution < -0.4 is 0 Å². The highest BCUT2D eigenvalue weighted by Gasteiger charge is 2.09. The maximum absolute atomic E-state index is 4.56. The molecule has 26 heavy (non-hydrogen) atoms. The Morgan fingerprint density at radius 2 is 1.92 bits per heavy atom. The first-order valence-electron chi connectivity index (χ1n) is 7.99. The number of aryl methyl sites for hydroxylation is 1. The van der Waals surface area contributed by atoms with Crippen LogP contribution in [0, 0.1) is 0 Å². The predicted molar refractivity (Wildman–Crippen MR) is 98.9 cm³/mol. The fourth-order valence-corrected chi connectivity index (χ4v) is 3.64. The third-order valence-electron chi connectivity index (χ3n) is 4.05. The topological polar surface area (TPSA) is 73.8 Å². The molecule has 0 aliphatic rings. The van der Waals surface area contributed by atoms with E-state index in [2.05, 4.69) is 37.5 Å². The van der Waals surface area contributed by atoms with E-state index in [1.165, 1.54) is 11.8 Å². The van der Waals surface area contributed by atoms with Crippen molar-refractivity contribution in [3.05, 3.63) is 61.2 Å². The van der Waals surface area contributed by atoms with Crippen molar-refractivity contribution in [2.45, 2.75) is 10.1 Å². The summed E-state index contributed by atoms with van der Waals surface area (Å²) < 4.78 is 3.52. The summed E-state index contributed by atoms with van der Waals surface area (Å²) in [6.45, 7) is 0. The van der Waals surface area contributed by atoms with Crippen molar-refractivity contribution in [2.75, 3.05) is 0 Å². The lowest BCUT2D eigenvalue weighted by Crippen LogP contribution is -1.91. The molecule has 126 valence electrons. The number of hydrogen-bond donors (Lipinski definition) is 0. The highest BCUT2D eigenvalue weighted by molar-refractivity contribution is 7.99. The standard InChI is InChI=1S/C18H13N7S/c1-24-11-14(10-21-24)13-7-12-8-15(4-5-16(12)19-9-13)26-18-23-22-17-3-2-6-20-25(17)18/h2-11H,1H3. The Hall–Kier alpha value is -3.26. The minimum absolute atomic E-state index is 0.733. The Morgan fingerprint density at radius 1 is 0.962 bits per heavy atom. The molecule has 0 saturated carbocycles. The zero-order valence-electron chi connectivity index (χ0n) is 13.8. The summed E-state index contributed by atoms with van der Waals surface area (Å²) in [4.78, 5) is 5.62. The van der Waals surface area contributed by atoms with Crippen LogP contribution in [0.5, 0.6) is 0 Å². The third-order valence-corrected chi connectivity index (χ3v) is 4.98. The fraction of sp³-hybridized carbons (Fsp3) is 0.0556. The molecule has 0 fully saturated rings. The molecule has 1 aromatic carbocycles. The number of fused-ring (bicyclic) bond motifs is 2. The molecule has 0 saturated heterocycles. The summed E-state index contributed by atoms with van der Waals surface area (Å²) in [5.41, 5.74) is 3.78. The molecule has 0 N–H and O–H groups in total. The Kier molecular flexibility index (Phi) is 3.42. The second-order valence-electron chi connectivity index (χ2n) is 5.86. The van der Waals surface area contributed by atoms with Gasteiger partial charge in [-0.2, -0.15) is 14.7 Å². The smallest absolute Gasteiger partial charge is 0.217 e. The van der Waals surface area contributed by atoms with E-state index < -0.39 is 0 Å². The molecular weight excluding hydrogens is 346 g/mol. The molecule has 0 unspecified atom stereocenters.